The van der Waals surface area contributed by atoms with Gasteiger partial charge in [0.2, 0.25) is 0 Å². The van der Waals surface area contributed by atoms with Crippen molar-refractivity contribution < 1.29 is 26.7 Å². The standard InChI is InChI=1S/C13H7BrF5NO/c14-7-3-8(20)5-9(4-7)21-12-10(15)1-6(2-11(12)16)13(17,18)19/h1-5H,20H2. The highest BCUT2D eigenvalue weighted by atomic mass is 79.9. The van der Waals surface area contributed by atoms with Crippen LogP contribution in [0.2, 0.25) is 0 Å². The maximum absolute atomic E-state index is 13.6. The molecule has 0 aromatic heterocycles. The summed E-state index contributed by atoms with van der Waals surface area (Å²) in [7, 11) is 0. The van der Waals surface area contributed by atoms with E-state index in [1.807, 2.05) is 0 Å². The minimum atomic E-state index is -4.85. The lowest BCUT2D eigenvalue weighted by molar-refractivity contribution is -0.138. The number of hydrogen-bond donors (Lipinski definition) is 1. The number of alkyl halides is 3. The SMILES string of the molecule is Nc1cc(Br)cc(Oc2c(F)cc(C(F)(F)F)cc2F)c1. The largest absolute Gasteiger partial charge is 0.451 e. The van der Waals surface area contributed by atoms with Crippen molar-refractivity contribution in [3.63, 3.8) is 0 Å². The lowest BCUT2D eigenvalue weighted by Gasteiger charge is -2.12. The molecule has 2 N–H and O–H groups in total. The molecule has 0 aliphatic heterocycles. The summed E-state index contributed by atoms with van der Waals surface area (Å²) < 4.78 is 69.9. The average Bonchev–Trinajstić information content (AvgIpc) is 2.31. The summed E-state index contributed by atoms with van der Waals surface area (Å²) in [5.41, 5.74) is 4.35. The van der Waals surface area contributed by atoms with Gasteiger partial charge in [0.1, 0.15) is 5.75 Å². The van der Waals surface area contributed by atoms with Gasteiger partial charge in [-0.2, -0.15) is 13.2 Å². The number of benzene rings is 2. The van der Waals surface area contributed by atoms with Gasteiger partial charge in [-0.15, -0.1) is 0 Å². The van der Waals surface area contributed by atoms with E-state index in [0.29, 0.717) is 4.47 Å². The van der Waals surface area contributed by atoms with Crippen LogP contribution < -0.4 is 10.5 Å². The number of hydrogen-bond acceptors (Lipinski definition) is 2. The van der Waals surface area contributed by atoms with Crippen molar-refractivity contribution in [1.29, 1.82) is 0 Å². The molecule has 0 saturated carbocycles. The molecule has 0 radical (unpaired) electrons. The average molecular weight is 368 g/mol. The fraction of sp³-hybridized carbons (Fsp3) is 0.0769. The minimum absolute atomic E-state index is 0.0144. The first-order valence-corrected chi connectivity index (χ1v) is 6.26. The summed E-state index contributed by atoms with van der Waals surface area (Å²) in [4.78, 5) is 0. The highest BCUT2D eigenvalue weighted by Crippen LogP contribution is 2.36. The summed E-state index contributed by atoms with van der Waals surface area (Å²) in [6.07, 6.45) is -4.85. The Bertz CT molecular complexity index is 643. The Kier molecular flexibility index (Phi) is 4.08. The minimum Gasteiger partial charge on any atom is -0.451 e. The van der Waals surface area contributed by atoms with Crippen molar-refractivity contribution in [3.05, 3.63) is 52.0 Å². The second kappa shape index (κ2) is 5.51. The third-order valence-electron chi connectivity index (χ3n) is 2.44. The Balaban J connectivity index is 2.41. The van der Waals surface area contributed by atoms with Gasteiger partial charge in [0.25, 0.3) is 0 Å². The molecule has 21 heavy (non-hydrogen) atoms. The molecule has 0 saturated heterocycles. The van der Waals surface area contributed by atoms with Crippen LogP contribution in [0.4, 0.5) is 27.6 Å². The van der Waals surface area contributed by atoms with Gasteiger partial charge >= 0.3 is 6.18 Å². The van der Waals surface area contributed by atoms with Gasteiger partial charge < -0.3 is 10.5 Å². The Hall–Kier alpha value is -1.83. The van der Waals surface area contributed by atoms with Crippen LogP contribution in [0.1, 0.15) is 5.56 Å². The van der Waals surface area contributed by atoms with E-state index in [1.165, 1.54) is 18.2 Å². The van der Waals surface area contributed by atoms with Crippen molar-refractivity contribution in [2.75, 3.05) is 5.73 Å². The van der Waals surface area contributed by atoms with Gasteiger partial charge in [0, 0.05) is 16.2 Å². The normalized spacial score (nSPS) is 11.5. The van der Waals surface area contributed by atoms with E-state index in [4.69, 9.17) is 10.5 Å². The van der Waals surface area contributed by atoms with Crippen LogP contribution in [0.5, 0.6) is 11.5 Å². The summed E-state index contributed by atoms with van der Waals surface area (Å²) >= 11 is 3.10. The van der Waals surface area contributed by atoms with E-state index in [9.17, 15) is 22.0 Å². The highest BCUT2D eigenvalue weighted by molar-refractivity contribution is 9.10. The lowest BCUT2D eigenvalue weighted by Crippen LogP contribution is -2.07. The Morgan fingerprint density at radius 2 is 1.52 bits per heavy atom. The van der Waals surface area contributed by atoms with Crippen LogP contribution in [0.3, 0.4) is 0 Å². The van der Waals surface area contributed by atoms with E-state index in [2.05, 4.69) is 15.9 Å². The molecule has 2 aromatic carbocycles. The van der Waals surface area contributed by atoms with E-state index >= 15 is 0 Å². The number of halogens is 6. The van der Waals surface area contributed by atoms with E-state index in [-0.39, 0.29) is 23.6 Å². The van der Waals surface area contributed by atoms with Crippen molar-refractivity contribution >= 4 is 21.6 Å². The van der Waals surface area contributed by atoms with Crippen LogP contribution >= 0.6 is 15.9 Å². The quantitative estimate of drug-likeness (QED) is 0.590. The number of nitrogen functional groups attached to an aromatic ring is 1. The monoisotopic (exact) mass is 367 g/mol. The first-order chi connectivity index (χ1) is 9.66. The fourth-order valence-electron chi connectivity index (χ4n) is 1.58. The number of rotatable bonds is 2. The maximum atomic E-state index is 13.6. The summed E-state index contributed by atoms with van der Waals surface area (Å²) in [5, 5.41) is 0. The van der Waals surface area contributed by atoms with E-state index < -0.39 is 29.1 Å². The molecule has 0 bridgehead atoms. The molecule has 2 nitrogen and oxygen atoms in total. The molecule has 2 aromatic rings. The molecule has 0 aliphatic carbocycles. The molecule has 0 aliphatic rings. The van der Waals surface area contributed by atoms with Gasteiger partial charge in [-0.3, -0.25) is 0 Å². The molecule has 0 atom stereocenters. The van der Waals surface area contributed by atoms with Crippen molar-refractivity contribution in [2.24, 2.45) is 0 Å². The summed E-state index contributed by atoms with van der Waals surface area (Å²) in [5.74, 6) is -3.86. The van der Waals surface area contributed by atoms with Crippen LogP contribution in [0.15, 0.2) is 34.8 Å². The zero-order valence-electron chi connectivity index (χ0n) is 10.1. The fourth-order valence-corrected chi connectivity index (χ4v) is 2.07. The number of ether oxygens (including phenoxy) is 1. The third kappa shape index (κ3) is 3.63. The van der Waals surface area contributed by atoms with E-state index in [1.54, 1.807) is 0 Å². The Labute approximate surface area is 124 Å². The zero-order valence-corrected chi connectivity index (χ0v) is 11.7. The van der Waals surface area contributed by atoms with Gasteiger partial charge in [-0.25, -0.2) is 8.78 Å². The molecular weight excluding hydrogens is 361 g/mol. The smallest absolute Gasteiger partial charge is 0.416 e. The molecule has 8 heteroatoms. The maximum Gasteiger partial charge on any atom is 0.416 e. The summed E-state index contributed by atoms with van der Waals surface area (Å²) in [6.45, 7) is 0. The molecule has 112 valence electrons. The first-order valence-electron chi connectivity index (χ1n) is 5.47. The lowest BCUT2D eigenvalue weighted by atomic mass is 10.2. The van der Waals surface area contributed by atoms with E-state index in [0.717, 1.165) is 0 Å². The van der Waals surface area contributed by atoms with Crippen LogP contribution in [0.25, 0.3) is 0 Å². The molecule has 0 fully saturated rings. The van der Waals surface area contributed by atoms with Gasteiger partial charge in [0.15, 0.2) is 17.4 Å². The molecular formula is C13H7BrF5NO. The first kappa shape index (κ1) is 15.6. The highest BCUT2D eigenvalue weighted by Gasteiger charge is 2.33. The second-order valence-electron chi connectivity index (χ2n) is 4.09. The third-order valence-corrected chi connectivity index (χ3v) is 2.90. The predicted molar refractivity (Wildman–Crippen MR) is 70.0 cm³/mol. The van der Waals surface area contributed by atoms with Crippen LogP contribution in [-0.2, 0) is 6.18 Å². The van der Waals surface area contributed by atoms with Gasteiger partial charge in [-0.1, -0.05) is 15.9 Å². The zero-order chi connectivity index (χ0) is 15.8. The second-order valence-corrected chi connectivity index (χ2v) is 5.00. The van der Waals surface area contributed by atoms with Crippen molar-refractivity contribution in [1.82, 2.24) is 0 Å². The Morgan fingerprint density at radius 3 is 2.00 bits per heavy atom. The van der Waals surface area contributed by atoms with Crippen molar-refractivity contribution in [3.8, 4) is 11.5 Å². The van der Waals surface area contributed by atoms with Gasteiger partial charge in [-0.05, 0) is 24.3 Å². The number of anilines is 1. The molecule has 2 rings (SSSR count). The summed E-state index contributed by atoms with van der Waals surface area (Å²) in [6, 6.07) is 4.50. The van der Waals surface area contributed by atoms with Gasteiger partial charge in [0.05, 0.1) is 5.56 Å². The molecule has 0 heterocycles. The molecule has 0 amide bonds. The molecule has 0 unspecified atom stereocenters. The topological polar surface area (TPSA) is 35.2 Å². The van der Waals surface area contributed by atoms with Crippen LogP contribution in [0, 0.1) is 11.6 Å². The Morgan fingerprint density at radius 1 is 0.952 bits per heavy atom. The number of nitrogens with two attached hydrogens (primary N) is 1. The predicted octanol–water partition coefficient (Wildman–Crippen LogP) is 5.12. The molecule has 0 spiro atoms. The van der Waals surface area contributed by atoms with Crippen molar-refractivity contribution in [2.45, 2.75) is 6.18 Å². The van der Waals surface area contributed by atoms with Crippen LogP contribution in [-0.4, -0.2) is 0 Å².